The Morgan fingerprint density at radius 3 is 2.61 bits per heavy atom. The molecule has 0 saturated heterocycles. The topological polar surface area (TPSA) is 105 Å². The van der Waals surface area contributed by atoms with Crippen molar-refractivity contribution < 1.29 is 4.79 Å². The fourth-order valence-corrected chi connectivity index (χ4v) is 1.43. The van der Waals surface area contributed by atoms with Crippen LogP contribution in [0.1, 0.15) is 6.92 Å². The van der Waals surface area contributed by atoms with Gasteiger partial charge in [-0.05, 0) is 0 Å². The first kappa shape index (κ1) is 11.9. The van der Waals surface area contributed by atoms with Gasteiger partial charge in [-0.3, -0.25) is 4.79 Å². The number of rotatable bonds is 2. The Balaban J connectivity index is 2.61. The molecule has 0 aliphatic carbocycles. The van der Waals surface area contributed by atoms with E-state index in [-0.39, 0.29) is 5.82 Å². The predicted molar refractivity (Wildman–Crippen MR) is 65.4 cm³/mol. The summed E-state index contributed by atoms with van der Waals surface area (Å²) in [6.07, 6.45) is 0. The second-order valence-corrected chi connectivity index (χ2v) is 3.57. The van der Waals surface area contributed by atoms with Gasteiger partial charge in [0, 0.05) is 12.5 Å². The van der Waals surface area contributed by atoms with Gasteiger partial charge in [-0.1, -0.05) is 30.3 Å². The Hall–Kier alpha value is -2.54. The Kier molecular flexibility index (Phi) is 3.16. The SMILES string of the molecule is CC(=O)N(N)c1nc(=O)[nH]nc1-c1ccccc1. The van der Waals surface area contributed by atoms with Crippen LogP contribution in [0.2, 0.25) is 0 Å². The first-order valence-electron chi connectivity index (χ1n) is 5.17. The van der Waals surface area contributed by atoms with Gasteiger partial charge in [0.15, 0.2) is 5.82 Å². The van der Waals surface area contributed by atoms with Crippen molar-refractivity contribution in [1.82, 2.24) is 15.2 Å². The number of nitrogens with zero attached hydrogens (tertiary/aromatic N) is 3. The van der Waals surface area contributed by atoms with E-state index in [1.54, 1.807) is 24.3 Å². The molecule has 0 spiro atoms. The van der Waals surface area contributed by atoms with Crippen LogP contribution in [0.4, 0.5) is 5.82 Å². The maximum Gasteiger partial charge on any atom is 0.363 e. The molecule has 0 atom stereocenters. The quantitative estimate of drug-likeness (QED) is 0.442. The maximum atomic E-state index is 11.3. The molecule has 3 N–H and O–H groups in total. The summed E-state index contributed by atoms with van der Waals surface area (Å²) in [5.74, 6) is 5.16. The van der Waals surface area contributed by atoms with E-state index in [0.29, 0.717) is 11.3 Å². The third kappa shape index (κ3) is 2.25. The second kappa shape index (κ2) is 4.76. The van der Waals surface area contributed by atoms with Gasteiger partial charge in [-0.25, -0.2) is 20.7 Å². The van der Waals surface area contributed by atoms with Gasteiger partial charge in [-0.2, -0.15) is 10.1 Å². The van der Waals surface area contributed by atoms with Crippen molar-refractivity contribution >= 4 is 11.7 Å². The lowest BCUT2D eigenvalue weighted by atomic mass is 10.1. The molecule has 0 bridgehead atoms. The minimum Gasteiger partial charge on any atom is -0.273 e. The van der Waals surface area contributed by atoms with E-state index in [0.717, 1.165) is 5.01 Å². The van der Waals surface area contributed by atoms with Crippen molar-refractivity contribution in [2.45, 2.75) is 6.92 Å². The number of hydrazine groups is 1. The average molecular weight is 245 g/mol. The van der Waals surface area contributed by atoms with Crippen molar-refractivity contribution in [3.63, 3.8) is 0 Å². The van der Waals surface area contributed by atoms with Crippen molar-refractivity contribution in [3.8, 4) is 11.3 Å². The lowest BCUT2D eigenvalue weighted by molar-refractivity contribution is -0.116. The Morgan fingerprint density at radius 1 is 1.33 bits per heavy atom. The van der Waals surface area contributed by atoms with Crippen molar-refractivity contribution in [2.75, 3.05) is 5.01 Å². The number of nitrogens with one attached hydrogen (secondary N) is 1. The Morgan fingerprint density at radius 2 is 2.00 bits per heavy atom. The number of H-pyrrole nitrogens is 1. The van der Waals surface area contributed by atoms with E-state index in [1.807, 2.05) is 6.07 Å². The molecule has 7 nitrogen and oxygen atoms in total. The molecular formula is C11H11N5O2. The molecular weight excluding hydrogens is 234 g/mol. The van der Waals surface area contributed by atoms with Crippen LogP contribution in [0.25, 0.3) is 11.3 Å². The third-order valence-electron chi connectivity index (χ3n) is 2.30. The fraction of sp³-hybridized carbons (Fsp3) is 0.0909. The smallest absolute Gasteiger partial charge is 0.273 e. The number of aromatic amines is 1. The number of anilines is 1. The predicted octanol–water partition coefficient (Wildman–Crippen LogP) is 0.0585. The van der Waals surface area contributed by atoms with Gasteiger partial charge in [0.05, 0.1) is 0 Å². The zero-order valence-corrected chi connectivity index (χ0v) is 9.62. The largest absolute Gasteiger partial charge is 0.363 e. The van der Waals surface area contributed by atoms with Gasteiger partial charge in [0.25, 0.3) is 0 Å². The van der Waals surface area contributed by atoms with E-state index in [4.69, 9.17) is 5.84 Å². The van der Waals surface area contributed by atoms with Crippen molar-refractivity contribution in [2.24, 2.45) is 5.84 Å². The summed E-state index contributed by atoms with van der Waals surface area (Å²) in [5, 5.41) is 6.90. The first-order chi connectivity index (χ1) is 8.59. The molecule has 2 aromatic rings. The highest BCUT2D eigenvalue weighted by molar-refractivity contribution is 5.92. The molecule has 1 amide bonds. The minimum atomic E-state index is -0.665. The van der Waals surface area contributed by atoms with E-state index in [2.05, 4.69) is 15.2 Å². The molecule has 18 heavy (non-hydrogen) atoms. The van der Waals surface area contributed by atoms with Gasteiger partial charge in [-0.15, -0.1) is 0 Å². The summed E-state index contributed by atoms with van der Waals surface area (Å²) < 4.78 is 0. The monoisotopic (exact) mass is 245 g/mol. The van der Waals surface area contributed by atoms with E-state index in [1.165, 1.54) is 6.92 Å². The van der Waals surface area contributed by atoms with Gasteiger partial charge < -0.3 is 0 Å². The molecule has 0 aliphatic heterocycles. The molecule has 92 valence electrons. The molecule has 0 radical (unpaired) electrons. The summed E-state index contributed by atoms with van der Waals surface area (Å²) in [6, 6.07) is 9.01. The third-order valence-corrected chi connectivity index (χ3v) is 2.30. The van der Waals surface area contributed by atoms with E-state index in [9.17, 15) is 9.59 Å². The number of hydrogen-bond donors (Lipinski definition) is 2. The van der Waals surface area contributed by atoms with Crippen LogP contribution >= 0.6 is 0 Å². The number of amides is 1. The first-order valence-corrected chi connectivity index (χ1v) is 5.17. The number of benzene rings is 1. The van der Waals surface area contributed by atoms with Gasteiger partial charge >= 0.3 is 5.69 Å². The minimum absolute atomic E-state index is 0.0254. The zero-order valence-electron chi connectivity index (χ0n) is 9.62. The average Bonchev–Trinajstić information content (AvgIpc) is 2.38. The van der Waals surface area contributed by atoms with E-state index >= 15 is 0 Å². The maximum absolute atomic E-state index is 11.3. The van der Waals surface area contributed by atoms with Crippen LogP contribution in [0, 0.1) is 0 Å². The van der Waals surface area contributed by atoms with Crippen molar-refractivity contribution in [1.29, 1.82) is 0 Å². The molecule has 0 unspecified atom stereocenters. The summed E-state index contributed by atoms with van der Waals surface area (Å²) >= 11 is 0. The molecule has 0 aliphatic rings. The molecule has 1 aromatic carbocycles. The molecule has 0 saturated carbocycles. The van der Waals surface area contributed by atoms with Crippen LogP contribution in [0.15, 0.2) is 35.1 Å². The highest BCUT2D eigenvalue weighted by Gasteiger charge is 2.17. The summed E-state index contributed by atoms with van der Waals surface area (Å²) in [5.41, 5.74) is 0.377. The molecule has 1 aromatic heterocycles. The van der Waals surface area contributed by atoms with Crippen LogP contribution in [-0.2, 0) is 4.79 Å². The Labute approximate surface area is 102 Å². The van der Waals surface area contributed by atoms with Crippen molar-refractivity contribution in [3.05, 3.63) is 40.8 Å². The van der Waals surface area contributed by atoms with Crippen LogP contribution < -0.4 is 16.5 Å². The zero-order chi connectivity index (χ0) is 13.1. The number of carbonyl (C=O) groups excluding carboxylic acids is 1. The molecule has 2 rings (SSSR count). The summed E-state index contributed by atoms with van der Waals surface area (Å²) in [6.45, 7) is 1.28. The number of hydrogen-bond acceptors (Lipinski definition) is 5. The van der Waals surface area contributed by atoms with Crippen LogP contribution in [0.3, 0.4) is 0 Å². The number of nitrogens with two attached hydrogens (primary N) is 1. The number of carbonyl (C=O) groups is 1. The summed E-state index contributed by atoms with van der Waals surface area (Å²) in [4.78, 5) is 26.1. The fourth-order valence-electron chi connectivity index (χ4n) is 1.43. The van der Waals surface area contributed by atoms with Gasteiger partial charge in [0.1, 0.15) is 5.69 Å². The van der Waals surface area contributed by atoms with E-state index < -0.39 is 11.6 Å². The highest BCUT2D eigenvalue weighted by Crippen LogP contribution is 2.23. The normalized spacial score (nSPS) is 10.1. The highest BCUT2D eigenvalue weighted by atomic mass is 16.2. The van der Waals surface area contributed by atoms with Gasteiger partial charge in [0.2, 0.25) is 5.91 Å². The Bertz CT molecular complexity index is 623. The van der Waals surface area contributed by atoms with Crippen LogP contribution in [-0.4, -0.2) is 21.1 Å². The standard InChI is InChI=1S/C11H11N5O2/c1-7(17)16(12)10-9(14-15-11(18)13-10)8-5-3-2-4-6-8/h2-6H,12H2,1H3,(H,13,15,18). The molecule has 7 heteroatoms. The molecule has 0 fully saturated rings. The summed E-state index contributed by atoms with van der Waals surface area (Å²) in [7, 11) is 0. The number of aromatic nitrogens is 3. The lowest BCUT2D eigenvalue weighted by Gasteiger charge is -2.15. The second-order valence-electron chi connectivity index (χ2n) is 3.57. The molecule has 1 heterocycles. The van der Waals surface area contributed by atoms with Crippen LogP contribution in [0.5, 0.6) is 0 Å². The lowest BCUT2D eigenvalue weighted by Crippen LogP contribution is -2.38.